The maximum atomic E-state index is 11.4. The van der Waals surface area contributed by atoms with Crippen molar-refractivity contribution in [3.05, 3.63) is 0 Å². The van der Waals surface area contributed by atoms with Crippen LogP contribution in [0.3, 0.4) is 0 Å². The van der Waals surface area contributed by atoms with Gasteiger partial charge in [0.1, 0.15) is 0 Å². The van der Waals surface area contributed by atoms with Crippen LogP contribution in [0.25, 0.3) is 0 Å². The summed E-state index contributed by atoms with van der Waals surface area (Å²) in [6.45, 7) is 2.66. The molecule has 1 heterocycles. The van der Waals surface area contributed by atoms with Crippen LogP contribution in [-0.2, 0) is 15.6 Å². The van der Waals surface area contributed by atoms with Gasteiger partial charge in [-0.2, -0.15) is 0 Å². The molecule has 1 saturated heterocycles. The Bertz CT molecular complexity index is 227. The van der Waals surface area contributed by atoms with Crippen molar-refractivity contribution in [3.8, 4) is 0 Å². The predicted octanol–water partition coefficient (Wildman–Crippen LogP) is -0.129. The van der Waals surface area contributed by atoms with Gasteiger partial charge >= 0.3 is 0 Å². The van der Waals surface area contributed by atoms with Crippen LogP contribution in [0.4, 0.5) is 0 Å². The smallest absolute Gasteiger partial charge is 0.220 e. The van der Waals surface area contributed by atoms with E-state index < -0.39 is 10.8 Å². The van der Waals surface area contributed by atoms with Gasteiger partial charge in [0.15, 0.2) is 0 Å². The van der Waals surface area contributed by atoms with Crippen LogP contribution < -0.4 is 10.6 Å². The molecule has 1 amide bonds. The van der Waals surface area contributed by atoms with Gasteiger partial charge in [-0.3, -0.25) is 9.00 Å². The summed E-state index contributed by atoms with van der Waals surface area (Å²) in [6.07, 6.45) is 4.40. The Labute approximate surface area is 93.7 Å². The number of amides is 1. The third kappa shape index (κ3) is 5.89. The minimum Gasteiger partial charge on any atom is -0.355 e. The summed E-state index contributed by atoms with van der Waals surface area (Å²) in [4.78, 5) is 11.4. The molecule has 0 bridgehead atoms. The van der Waals surface area contributed by atoms with Crippen LogP contribution in [0.1, 0.15) is 19.3 Å². The van der Waals surface area contributed by atoms with Crippen LogP contribution in [-0.4, -0.2) is 41.8 Å². The first kappa shape index (κ1) is 12.6. The molecule has 2 N–H and O–H groups in total. The van der Waals surface area contributed by atoms with Gasteiger partial charge in [0.2, 0.25) is 5.91 Å². The van der Waals surface area contributed by atoms with E-state index in [4.69, 9.17) is 0 Å². The normalized spacial score (nSPS) is 22.6. The molecule has 0 radical (unpaired) electrons. The SMILES string of the molecule is CS(=O)CCNC(=O)CCC1CCNC1. The zero-order valence-corrected chi connectivity index (χ0v) is 10.1. The number of nitrogens with one attached hydrogen (secondary N) is 2. The average Bonchev–Trinajstić information content (AvgIpc) is 2.66. The van der Waals surface area contributed by atoms with E-state index in [0.29, 0.717) is 24.6 Å². The maximum Gasteiger partial charge on any atom is 0.220 e. The van der Waals surface area contributed by atoms with Gasteiger partial charge in [0.25, 0.3) is 0 Å². The summed E-state index contributed by atoms with van der Waals surface area (Å²) in [5, 5.41) is 6.07. The molecule has 1 rings (SSSR count). The van der Waals surface area contributed by atoms with Crippen molar-refractivity contribution >= 4 is 16.7 Å². The number of carbonyl (C=O) groups is 1. The second-order valence-corrected chi connectivity index (χ2v) is 5.58. The third-order valence-electron chi connectivity index (χ3n) is 2.65. The summed E-state index contributed by atoms with van der Waals surface area (Å²) in [5.74, 6) is 1.31. The minimum absolute atomic E-state index is 0.0901. The molecule has 0 aromatic rings. The Morgan fingerprint density at radius 1 is 1.60 bits per heavy atom. The molecule has 2 atom stereocenters. The van der Waals surface area contributed by atoms with Crippen molar-refractivity contribution < 1.29 is 9.00 Å². The first-order valence-electron chi connectivity index (χ1n) is 5.46. The lowest BCUT2D eigenvalue weighted by molar-refractivity contribution is -0.121. The van der Waals surface area contributed by atoms with Gasteiger partial charge in [0, 0.05) is 35.8 Å². The lowest BCUT2D eigenvalue weighted by Crippen LogP contribution is -2.27. The van der Waals surface area contributed by atoms with E-state index in [0.717, 1.165) is 19.5 Å². The molecule has 2 unspecified atom stereocenters. The lowest BCUT2D eigenvalue weighted by Gasteiger charge is -2.07. The summed E-state index contributed by atoms with van der Waals surface area (Å²) in [7, 11) is -0.813. The van der Waals surface area contributed by atoms with E-state index in [1.54, 1.807) is 6.26 Å². The van der Waals surface area contributed by atoms with Gasteiger partial charge in [-0.1, -0.05) is 0 Å². The molecular formula is C10H20N2O2S. The van der Waals surface area contributed by atoms with E-state index in [1.165, 1.54) is 6.42 Å². The summed E-state index contributed by atoms with van der Waals surface area (Å²) in [6, 6.07) is 0. The molecule has 4 nitrogen and oxygen atoms in total. The Morgan fingerprint density at radius 2 is 2.40 bits per heavy atom. The Morgan fingerprint density at radius 3 is 3.00 bits per heavy atom. The van der Waals surface area contributed by atoms with E-state index in [1.807, 2.05) is 0 Å². The first-order chi connectivity index (χ1) is 7.18. The zero-order valence-electron chi connectivity index (χ0n) is 9.25. The molecule has 1 fully saturated rings. The van der Waals surface area contributed by atoms with Crippen LogP contribution >= 0.6 is 0 Å². The fourth-order valence-electron chi connectivity index (χ4n) is 1.72. The van der Waals surface area contributed by atoms with Crippen molar-refractivity contribution in [1.29, 1.82) is 0 Å². The van der Waals surface area contributed by atoms with Crippen molar-refractivity contribution in [2.45, 2.75) is 19.3 Å². The number of carbonyl (C=O) groups excluding carboxylic acids is 1. The Kier molecular flexibility index (Phi) is 5.86. The molecule has 88 valence electrons. The third-order valence-corrected chi connectivity index (χ3v) is 3.43. The minimum atomic E-state index is -0.813. The van der Waals surface area contributed by atoms with Crippen LogP contribution in [0, 0.1) is 5.92 Å². The predicted molar refractivity (Wildman–Crippen MR) is 62.2 cm³/mol. The monoisotopic (exact) mass is 232 g/mol. The largest absolute Gasteiger partial charge is 0.355 e. The molecule has 5 heteroatoms. The number of rotatable bonds is 6. The van der Waals surface area contributed by atoms with Gasteiger partial charge < -0.3 is 10.6 Å². The van der Waals surface area contributed by atoms with Gasteiger partial charge in [-0.25, -0.2) is 0 Å². The Hall–Kier alpha value is -0.420. The highest BCUT2D eigenvalue weighted by Gasteiger charge is 2.15. The van der Waals surface area contributed by atoms with Crippen LogP contribution in [0.15, 0.2) is 0 Å². The second-order valence-electron chi connectivity index (χ2n) is 4.02. The summed E-state index contributed by atoms with van der Waals surface area (Å²) < 4.78 is 10.7. The molecule has 0 spiro atoms. The van der Waals surface area contributed by atoms with E-state index in [-0.39, 0.29) is 5.91 Å². The lowest BCUT2D eigenvalue weighted by atomic mass is 10.0. The highest BCUT2D eigenvalue weighted by molar-refractivity contribution is 7.84. The van der Waals surface area contributed by atoms with E-state index in [9.17, 15) is 9.00 Å². The molecule has 0 aromatic heterocycles. The highest BCUT2D eigenvalue weighted by Crippen LogP contribution is 2.13. The zero-order chi connectivity index (χ0) is 11.1. The summed E-state index contributed by atoms with van der Waals surface area (Å²) in [5.41, 5.74) is 0. The summed E-state index contributed by atoms with van der Waals surface area (Å²) >= 11 is 0. The first-order valence-corrected chi connectivity index (χ1v) is 7.18. The van der Waals surface area contributed by atoms with Crippen molar-refractivity contribution in [2.75, 3.05) is 31.6 Å². The fourth-order valence-corrected chi connectivity index (χ4v) is 2.11. The van der Waals surface area contributed by atoms with E-state index >= 15 is 0 Å². The van der Waals surface area contributed by atoms with E-state index in [2.05, 4.69) is 10.6 Å². The van der Waals surface area contributed by atoms with Crippen molar-refractivity contribution in [3.63, 3.8) is 0 Å². The highest BCUT2D eigenvalue weighted by atomic mass is 32.2. The van der Waals surface area contributed by atoms with Crippen molar-refractivity contribution in [2.24, 2.45) is 5.92 Å². The topological polar surface area (TPSA) is 58.2 Å². The standard InChI is InChI=1S/C10H20N2O2S/c1-15(14)7-6-12-10(13)3-2-9-4-5-11-8-9/h9,11H,2-8H2,1H3,(H,12,13). The van der Waals surface area contributed by atoms with Crippen LogP contribution in [0.5, 0.6) is 0 Å². The molecule has 1 aliphatic rings. The van der Waals surface area contributed by atoms with Gasteiger partial charge in [-0.15, -0.1) is 0 Å². The van der Waals surface area contributed by atoms with Gasteiger partial charge in [0.05, 0.1) is 0 Å². The molecule has 0 aromatic carbocycles. The maximum absolute atomic E-state index is 11.4. The van der Waals surface area contributed by atoms with Crippen molar-refractivity contribution in [1.82, 2.24) is 10.6 Å². The number of hydrogen-bond acceptors (Lipinski definition) is 3. The molecule has 0 aliphatic carbocycles. The Balaban J connectivity index is 2.00. The molecule has 1 aliphatic heterocycles. The average molecular weight is 232 g/mol. The quantitative estimate of drug-likeness (QED) is 0.671. The fraction of sp³-hybridized carbons (Fsp3) is 0.900. The van der Waals surface area contributed by atoms with Crippen LogP contribution in [0.2, 0.25) is 0 Å². The van der Waals surface area contributed by atoms with Gasteiger partial charge in [-0.05, 0) is 31.8 Å². The molecular weight excluding hydrogens is 212 g/mol. The molecule has 0 saturated carbocycles. The molecule has 15 heavy (non-hydrogen) atoms. The number of hydrogen-bond donors (Lipinski definition) is 2. The second kappa shape index (κ2) is 6.95.